The van der Waals surface area contributed by atoms with Gasteiger partial charge in [-0.15, -0.1) is 0 Å². The third kappa shape index (κ3) is 2.98. The summed E-state index contributed by atoms with van der Waals surface area (Å²) >= 11 is 3.22. The minimum Gasteiger partial charge on any atom is -0.507 e. The summed E-state index contributed by atoms with van der Waals surface area (Å²) in [6.45, 7) is 0. The SMILES string of the molecule is O=C(NN=Cc1ccoc1)c1cc(Br)ccc1O. The van der Waals surface area contributed by atoms with Gasteiger partial charge >= 0.3 is 0 Å². The average molecular weight is 309 g/mol. The van der Waals surface area contributed by atoms with Gasteiger partial charge in [0.25, 0.3) is 5.91 Å². The van der Waals surface area contributed by atoms with Gasteiger partial charge in [0.2, 0.25) is 0 Å². The Hall–Kier alpha value is -2.08. The molecule has 0 bridgehead atoms. The van der Waals surface area contributed by atoms with Crippen LogP contribution >= 0.6 is 15.9 Å². The molecule has 2 aromatic rings. The van der Waals surface area contributed by atoms with Gasteiger partial charge in [-0.05, 0) is 24.3 Å². The van der Waals surface area contributed by atoms with E-state index in [9.17, 15) is 9.90 Å². The number of hydrogen-bond acceptors (Lipinski definition) is 4. The molecule has 1 aromatic heterocycles. The standard InChI is InChI=1S/C12H9BrN2O3/c13-9-1-2-11(16)10(5-9)12(17)15-14-6-8-3-4-18-7-8/h1-7,16H,(H,15,17). The highest BCUT2D eigenvalue weighted by Gasteiger charge is 2.10. The predicted octanol–water partition coefficient (Wildman–Crippen LogP) is 2.51. The Morgan fingerprint density at radius 3 is 3.00 bits per heavy atom. The Morgan fingerprint density at radius 1 is 1.44 bits per heavy atom. The van der Waals surface area contributed by atoms with Gasteiger partial charge in [-0.3, -0.25) is 4.79 Å². The fourth-order valence-corrected chi connectivity index (χ4v) is 1.63. The molecule has 0 radical (unpaired) electrons. The van der Waals surface area contributed by atoms with Gasteiger partial charge in [-0.25, -0.2) is 5.43 Å². The summed E-state index contributed by atoms with van der Waals surface area (Å²) in [5.74, 6) is -0.595. The van der Waals surface area contributed by atoms with Gasteiger partial charge in [-0.1, -0.05) is 15.9 Å². The van der Waals surface area contributed by atoms with Crippen LogP contribution in [0, 0.1) is 0 Å². The average Bonchev–Trinajstić information content (AvgIpc) is 2.85. The summed E-state index contributed by atoms with van der Waals surface area (Å²) in [5.41, 5.74) is 3.19. The number of amides is 1. The number of aromatic hydroxyl groups is 1. The molecule has 92 valence electrons. The first kappa shape index (κ1) is 12.4. The Labute approximate surface area is 111 Å². The van der Waals surface area contributed by atoms with E-state index in [1.165, 1.54) is 30.9 Å². The van der Waals surface area contributed by atoms with Crippen molar-refractivity contribution in [1.29, 1.82) is 0 Å². The number of hydrazone groups is 1. The maximum absolute atomic E-state index is 11.7. The van der Waals surface area contributed by atoms with Crippen molar-refractivity contribution in [2.45, 2.75) is 0 Å². The van der Waals surface area contributed by atoms with E-state index in [0.717, 1.165) is 5.56 Å². The minimum absolute atomic E-state index is 0.103. The van der Waals surface area contributed by atoms with Gasteiger partial charge in [-0.2, -0.15) is 5.10 Å². The van der Waals surface area contributed by atoms with Crippen LogP contribution < -0.4 is 5.43 Å². The lowest BCUT2D eigenvalue weighted by molar-refractivity contribution is 0.0952. The topological polar surface area (TPSA) is 74.8 Å². The van der Waals surface area contributed by atoms with E-state index >= 15 is 0 Å². The molecule has 1 heterocycles. The lowest BCUT2D eigenvalue weighted by Gasteiger charge is -2.03. The summed E-state index contributed by atoms with van der Waals surface area (Å²) in [7, 11) is 0. The molecule has 5 nitrogen and oxygen atoms in total. The minimum atomic E-state index is -0.492. The number of phenols is 1. The van der Waals surface area contributed by atoms with E-state index in [1.807, 2.05) is 0 Å². The molecule has 2 N–H and O–H groups in total. The van der Waals surface area contributed by atoms with E-state index in [-0.39, 0.29) is 11.3 Å². The highest BCUT2D eigenvalue weighted by atomic mass is 79.9. The zero-order valence-electron chi connectivity index (χ0n) is 9.13. The van der Waals surface area contributed by atoms with Crippen LogP contribution in [0.5, 0.6) is 5.75 Å². The Balaban J connectivity index is 2.06. The molecule has 0 atom stereocenters. The van der Waals surface area contributed by atoms with Crippen molar-refractivity contribution in [1.82, 2.24) is 5.43 Å². The maximum atomic E-state index is 11.7. The van der Waals surface area contributed by atoms with E-state index in [0.29, 0.717) is 4.47 Å². The van der Waals surface area contributed by atoms with Crippen LogP contribution in [-0.2, 0) is 0 Å². The molecule has 0 unspecified atom stereocenters. The van der Waals surface area contributed by atoms with Crippen molar-refractivity contribution in [3.63, 3.8) is 0 Å². The van der Waals surface area contributed by atoms with Crippen molar-refractivity contribution in [2.75, 3.05) is 0 Å². The molecule has 0 fully saturated rings. The third-order valence-electron chi connectivity index (χ3n) is 2.13. The molecule has 6 heteroatoms. The largest absolute Gasteiger partial charge is 0.507 e. The van der Waals surface area contributed by atoms with Crippen molar-refractivity contribution < 1.29 is 14.3 Å². The summed E-state index contributed by atoms with van der Waals surface area (Å²) in [5, 5.41) is 13.3. The third-order valence-corrected chi connectivity index (χ3v) is 2.62. The van der Waals surface area contributed by atoms with Crippen molar-refractivity contribution in [2.24, 2.45) is 5.10 Å². The number of nitrogens with one attached hydrogen (secondary N) is 1. The lowest BCUT2D eigenvalue weighted by atomic mass is 10.2. The van der Waals surface area contributed by atoms with Crippen molar-refractivity contribution in [3.8, 4) is 5.75 Å². The maximum Gasteiger partial charge on any atom is 0.275 e. The summed E-state index contributed by atoms with van der Waals surface area (Å²) in [6.07, 6.45) is 4.44. The molecule has 0 aliphatic heterocycles. The van der Waals surface area contributed by atoms with Crippen LogP contribution in [-0.4, -0.2) is 17.2 Å². The van der Waals surface area contributed by atoms with Crippen molar-refractivity contribution in [3.05, 3.63) is 52.4 Å². The number of benzene rings is 1. The molecule has 0 saturated heterocycles. The second-order valence-electron chi connectivity index (χ2n) is 3.42. The number of rotatable bonds is 3. The second-order valence-corrected chi connectivity index (χ2v) is 4.33. The van der Waals surface area contributed by atoms with E-state index in [2.05, 4.69) is 26.5 Å². The molecule has 18 heavy (non-hydrogen) atoms. The highest BCUT2D eigenvalue weighted by Crippen LogP contribution is 2.21. The normalized spacial score (nSPS) is 10.7. The monoisotopic (exact) mass is 308 g/mol. The molecule has 2 rings (SSSR count). The molecule has 0 spiro atoms. The van der Waals surface area contributed by atoms with Crippen LogP contribution in [0.25, 0.3) is 0 Å². The molecular weight excluding hydrogens is 300 g/mol. The number of carbonyl (C=O) groups excluding carboxylic acids is 1. The quantitative estimate of drug-likeness (QED) is 0.676. The number of carbonyl (C=O) groups is 1. The van der Waals surface area contributed by atoms with Gasteiger partial charge in [0.05, 0.1) is 24.3 Å². The van der Waals surface area contributed by atoms with Crippen LogP contribution in [0.15, 0.2) is 50.8 Å². The van der Waals surface area contributed by atoms with E-state index in [4.69, 9.17) is 4.42 Å². The van der Waals surface area contributed by atoms with Crippen LogP contribution in [0.2, 0.25) is 0 Å². The Kier molecular flexibility index (Phi) is 3.78. The first-order valence-electron chi connectivity index (χ1n) is 5.01. The molecular formula is C12H9BrN2O3. The Bertz CT molecular complexity index is 579. The number of hydrogen-bond donors (Lipinski definition) is 2. The zero-order chi connectivity index (χ0) is 13.0. The number of phenolic OH excluding ortho intramolecular Hbond substituents is 1. The molecule has 0 saturated carbocycles. The van der Waals surface area contributed by atoms with Gasteiger partial charge in [0, 0.05) is 10.0 Å². The predicted molar refractivity (Wildman–Crippen MR) is 69.6 cm³/mol. The van der Waals surface area contributed by atoms with Crippen LogP contribution in [0.1, 0.15) is 15.9 Å². The smallest absolute Gasteiger partial charge is 0.275 e. The van der Waals surface area contributed by atoms with Gasteiger partial charge in [0.1, 0.15) is 5.75 Å². The first-order valence-corrected chi connectivity index (χ1v) is 5.80. The lowest BCUT2D eigenvalue weighted by Crippen LogP contribution is -2.17. The second kappa shape index (κ2) is 5.50. The van der Waals surface area contributed by atoms with Crippen LogP contribution in [0.4, 0.5) is 0 Å². The van der Waals surface area contributed by atoms with Crippen molar-refractivity contribution >= 4 is 28.1 Å². The number of furan rings is 1. The fraction of sp³-hybridized carbons (Fsp3) is 0. The first-order chi connectivity index (χ1) is 8.66. The van der Waals surface area contributed by atoms with Gasteiger partial charge in [0.15, 0.2) is 0 Å². The Morgan fingerprint density at radius 2 is 2.28 bits per heavy atom. The van der Waals surface area contributed by atoms with Crippen LogP contribution in [0.3, 0.4) is 0 Å². The van der Waals surface area contributed by atoms with E-state index < -0.39 is 5.91 Å². The number of nitrogens with zero attached hydrogens (tertiary/aromatic N) is 1. The number of halogens is 1. The highest BCUT2D eigenvalue weighted by molar-refractivity contribution is 9.10. The van der Waals surface area contributed by atoms with E-state index in [1.54, 1.807) is 12.1 Å². The molecule has 0 aliphatic carbocycles. The molecule has 1 amide bonds. The summed E-state index contributed by atoms with van der Waals surface area (Å²) in [4.78, 5) is 11.7. The summed E-state index contributed by atoms with van der Waals surface area (Å²) in [6, 6.07) is 6.28. The molecule has 0 aliphatic rings. The molecule has 1 aromatic carbocycles. The fourth-order valence-electron chi connectivity index (χ4n) is 1.26. The zero-order valence-corrected chi connectivity index (χ0v) is 10.7. The summed E-state index contributed by atoms with van der Waals surface area (Å²) < 4.78 is 5.54. The van der Waals surface area contributed by atoms with Gasteiger partial charge < -0.3 is 9.52 Å².